The Kier molecular flexibility index (Phi) is 12.9. The topological polar surface area (TPSA) is 245 Å². The van der Waals surface area contributed by atoms with Gasteiger partial charge in [-0.3, -0.25) is 24.0 Å². The van der Waals surface area contributed by atoms with Crippen molar-refractivity contribution in [2.75, 3.05) is 5.75 Å². The van der Waals surface area contributed by atoms with Gasteiger partial charge in [0.15, 0.2) is 0 Å². The van der Waals surface area contributed by atoms with E-state index in [2.05, 4.69) is 28.6 Å². The molecule has 0 bridgehead atoms. The van der Waals surface area contributed by atoms with E-state index in [0.29, 0.717) is 5.56 Å². The quantitative estimate of drug-likeness (QED) is 0.108. The summed E-state index contributed by atoms with van der Waals surface area (Å²) < 4.78 is 0. The van der Waals surface area contributed by atoms with Gasteiger partial charge in [-0.1, -0.05) is 12.1 Å². The zero-order valence-corrected chi connectivity index (χ0v) is 20.5. The molecule has 0 aliphatic carbocycles. The number of carboxylic acid groups (broad SMARTS) is 3. The molecule has 15 heteroatoms. The van der Waals surface area contributed by atoms with Crippen LogP contribution in [0.5, 0.6) is 5.75 Å². The molecule has 0 radical (unpaired) electrons. The fraction of sp³-hybridized carbons (Fsp3) is 0.455. The van der Waals surface area contributed by atoms with Crippen LogP contribution < -0.4 is 21.7 Å². The molecule has 4 atom stereocenters. The number of amides is 3. The number of carbonyl (C=O) groups excluding carboxylic acids is 3. The number of aromatic hydroxyl groups is 1. The predicted molar refractivity (Wildman–Crippen MR) is 131 cm³/mol. The average molecular weight is 543 g/mol. The number of benzene rings is 1. The van der Waals surface area contributed by atoms with Crippen LogP contribution in [0.2, 0.25) is 0 Å². The highest BCUT2D eigenvalue weighted by Crippen LogP contribution is 2.11. The van der Waals surface area contributed by atoms with Crippen molar-refractivity contribution in [1.29, 1.82) is 0 Å². The van der Waals surface area contributed by atoms with Crippen LogP contribution in [0, 0.1) is 0 Å². The number of phenols is 1. The highest BCUT2D eigenvalue weighted by molar-refractivity contribution is 7.80. The summed E-state index contributed by atoms with van der Waals surface area (Å²) in [5.74, 6) is -6.92. The maximum atomic E-state index is 12.8. The Bertz CT molecular complexity index is 988. The normalized spacial score (nSPS) is 13.9. The first kappa shape index (κ1) is 31.2. The molecule has 1 aromatic rings. The Labute approximate surface area is 217 Å². The molecule has 14 nitrogen and oxygen atoms in total. The van der Waals surface area contributed by atoms with Gasteiger partial charge in [-0.2, -0.15) is 12.6 Å². The van der Waals surface area contributed by atoms with E-state index in [1.807, 2.05) is 0 Å². The summed E-state index contributed by atoms with van der Waals surface area (Å²) in [5, 5.41) is 43.1. The molecule has 0 unspecified atom stereocenters. The number of thiol groups is 1. The fourth-order valence-corrected chi connectivity index (χ4v) is 3.32. The smallest absolute Gasteiger partial charge is 0.326 e. The summed E-state index contributed by atoms with van der Waals surface area (Å²) >= 11 is 3.97. The third-order valence-electron chi connectivity index (χ3n) is 5.09. The second-order valence-corrected chi connectivity index (χ2v) is 8.41. The largest absolute Gasteiger partial charge is 0.508 e. The van der Waals surface area contributed by atoms with Gasteiger partial charge in [-0.15, -0.1) is 0 Å². The van der Waals surface area contributed by atoms with E-state index in [9.17, 15) is 39.0 Å². The highest BCUT2D eigenvalue weighted by Gasteiger charge is 2.30. The van der Waals surface area contributed by atoms with E-state index in [4.69, 9.17) is 15.9 Å². The van der Waals surface area contributed by atoms with Crippen molar-refractivity contribution >= 4 is 48.3 Å². The molecule has 1 rings (SSSR count). The Hall–Kier alpha value is -3.85. The van der Waals surface area contributed by atoms with Gasteiger partial charge in [0.1, 0.15) is 23.9 Å². The van der Waals surface area contributed by atoms with Crippen LogP contribution in [0.15, 0.2) is 24.3 Å². The zero-order chi connectivity index (χ0) is 28.1. The van der Waals surface area contributed by atoms with Crippen LogP contribution in [0.4, 0.5) is 0 Å². The first-order valence-corrected chi connectivity index (χ1v) is 11.7. The molecule has 0 saturated heterocycles. The fourth-order valence-electron chi connectivity index (χ4n) is 3.06. The van der Waals surface area contributed by atoms with Gasteiger partial charge in [0, 0.05) is 18.6 Å². The lowest BCUT2D eigenvalue weighted by Crippen LogP contribution is -2.57. The molecule has 0 aliphatic heterocycles. The van der Waals surface area contributed by atoms with Crippen molar-refractivity contribution in [2.24, 2.45) is 5.73 Å². The van der Waals surface area contributed by atoms with Crippen molar-refractivity contribution in [1.82, 2.24) is 16.0 Å². The maximum Gasteiger partial charge on any atom is 0.326 e. The van der Waals surface area contributed by atoms with Crippen LogP contribution in [0.25, 0.3) is 0 Å². The SMILES string of the molecule is N[C@@H](Cc1ccc(O)cc1)C(=O)N[C@@H](CCC(=O)O)C(=O)N[C@@H](CS)C(=O)N[C@@H](CCC(=O)O)C(=O)O. The average Bonchev–Trinajstić information content (AvgIpc) is 2.83. The minimum atomic E-state index is -1.54. The summed E-state index contributed by atoms with van der Waals surface area (Å²) in [7, 11) is 0. The predicted octanol–water partition coefficient (Wildman–Crippen LogP) is -1.54. The molecular weight excluding hydrogens is 512 g/mol. The lowest BCUT2D eigenvalue weighted by molar-refractivity contribution is -0.143. The summed E-state index contributed by atoms with van der Waals surface area (Å²) in [6.07, 6.45) is -1.72. The highest BCUT2D eigenvalue weighted by atomic mass is 32.1. The molecule has 1 aromatic carbocycles. The van der Waals surface area contributed by atoms with Crippen LogP contribution in [0.3, 0.4) is 0 Å². The van der Waals surface area contributed by atoms with E-state index in [1.165, 1.54) is 12.1 Å². The number of hydrogen-bond acceptors (Lipinski definition) is 9. The molecule has 0 fully saturated rings. The minimum Gasteiger partial charge on any atom is -0.508 e. The Morgan fingerprint density at radius 2 is 1.22 bits per heavy atom. The number of carbonyl (C=O) groups is 6. The van der Waals surface area contributed by atoms with Crippen LogP contribution in [-0.4, -0.2) is 86.0 Å². The molecule has 37 heavy (non-hydrogen) atoms. The number of aliphatic carboxylic acids is 3. The standard InChI is InChI=1S/C22H30N4O10S/c23-13(9-11-1-3-12(27)4-2-11)19(32)24-14(5-7-17(28)29)20(33)26-16(10-37)21(34)25-15(22(35)36)6-8-18(30)31/h1-4,13-16,27,37H,5-10,23H2,(H,24,32)(H,25,34)(H,26,33)(H,28,29)(H,30,31)(H,35,36)/t13-,14-,15-,16-/m0/s1. The third kappa shape index (κ3) is 11.6. The summed E-state index contributed by atoms with van der Waals surface area (Å²) in [5.41, 5.74) is 6.52. The maximum absolute atomic E-state index is 12.8. The van der Waals surface area contributed by atoms with Gasteiger partial charge in [0.2, 0.25) is 17.7 Å². The van der Waals surface area contributed by atoms with Gasteiger partial charge in [0.05, 0.1) is 6.04 Å². The van der Waals surface area contributed by atoms with Gasteiger partial charge in [-0.05, 0) is 37.0 Å². The van der Waals surface area contributed by atoms with Crippen molar-refractivity contribution in [3.8, 4) is 5.75 Å². The van der Waals surface area contributed by atoms with E-state index < -0.39 is 79.1 Å². The molecular formula is C22H30N4O10S. The van der Waals surface area contributed by atoms with Crippen molar-refractivity contribution in [3.63, 3.8) is 0 Å². The summed E-state index contributed by atoms with van der Waals surface area (Å²) in [6, 6.07) is 0.471. The van der Waals surface area contributed by atoms with Gasteiger partial charge in [0.25, 0.3) is 0 Å². The number of phenolic OH excluding ortho intramolecular Hbond substituents is 1. The van der Waals surface area contributed by atoms with Crippen molar-refractivity contribution in [3.05, 3.63) is 29.8 Å². The van der Waals surface area contributed by atoms with Crippen LogP contribution >= 0.6 is 12.6 Å². The second-order valence-electron chi connectivity index (χ2n) is 8.05. The van der Waals surface area contributed by atoms with E-state index in [1.54, 1.807) is 12.1 Å². The van der Waals surface area contributed by atoms with Gasteiger partial charge < -0.3 is 42.1 Å². The van der Waals surface area contributed by atoms with Crippen molar-refractivity contribution in [2.45, 2.75) is 56.3 Å². The van der Waals surface area contributed by atoms with E-state index >= 15 is 0 Å². The first-order valence-electron chi connectivity index (χ1n) is 11.1. The molecule has 0 saturated carbocycles. The molecule has 9 N–H and O–H groups in total. The minimum absolute atomic E-state index is 0.0199. The summed E-state index contributed by atoms with van der Waals surface area (Å²) in [6.45, 7) is 0. The van der Waals surface area contributed by atoms with E-state index in [0.717, 1.165) is 0 Å². The number of rotatable bonds is 16. The lowest BCUT2D eigenvalue weighted by atomic mass is 10.0. The molecule has 0 aromatic heterocycles. The van der Waals surface area contributed by atoms with Gasteiger partial charge in [-0.25, -0.2) is 4.79 Å². The van der Waals surface area contributed by atoms with Crippen LogP contribution in [-0.2, 0) is 35.2 Å². The zero-order valence-electron chi connectivity index (χ0n) is 19.6. The number of hydrogen-bond donors (Lipinski definition) is 9. The van der Waals surface area contributed by atoms with Crippen LogP contribution in [0.1, 0.15) is 31.2 Å². The van der Waals surface area contributed by atoms with Gasteiger partial charge >= 0.3 is 17.9 Å². The third-order valence-corrected chi connectivity index (χ3v) is 5.45. The Morgan fingerprint density at radius 1 is 0.757 bits per heavy atom. The molecule has 0 heterocycles. The molecule has 0 aliphatic rings. The monoisotopic (exact) mass is 542 g/mol. The molecule has 204 valence electrons. The number of carboxylic acids is 3. The first-order chi connectivity index (χ1) is 17.3. The second kappa shape index (κ2) is 15.3. The van der Waals surface area contributed by atoms with E-state index in [-0.39, 0.29) is 24.3 Å². The Morgan fingerprint density at radius 3 is 1.70 bits per heavy atom. The summed E-state index contributed by atoms with van der Waals surface area (Å²) in [4.78, 5) is 71.0. The molecule has 3 amide bonds. The Balaban J connectivity index is 2.88. The molecule has 0 spiro atoms. The number of nitrogens with one attached hydrogen (secondary N) is 3. The number of nitrogens with two attached hydrogens (primary N) is 1. The van der Waals surface area contributed by atoms with Crippen molar-refractivity contribution < 1.29 is 49.2 Å². The lowest BCUT2D eigenvalue weighted by Gasteiger charge is -2.24.